The van der Waals surface area contributed by atoms with Crippen molar-refractivity contribution >= 4 is 17.3 Å². The Balaban J connectivity index is 1.67. The van der Waals surface area contributed by atoms with Crippen LogP contribution in [0.25, 0.3) is 0 Å². The fraction of sp³-hybridized carbons (Fsp3) is 0.176. The summed E-state index contributed by atoms with van der Waals surface area (Å²) in [5.74, 6) is 1.35. The Hall–Kier alpha value is -2.73. The molecule has 24 heavy (non-hydrogen) atoms. The van der Waals surface area contributed by atoms with Crippen molar-refractivity contribution in [2.24, 2.45) is 0 Å². The fourth-order valence-corrected chi connectivity index (χ4v) is 2.47. The summed E-state index contributed by atoms with van der Waals surface area (Å²) in [5, 5.41) is 8.11. The summed E-state index contributed by atoms with van der Waals surface area (Å²) in [7, 11) is 1.62. The van der Waals surface area contributed by atoms with Gasteiger partial charge < -0.3 is 10.1 Å². The normalized spacial score (nSPS) is 10.6. The van der Waals surface area contributed by atoms with Gasteiger partial charge in [0.2, 0.25) is 0 Å². The van der Waals surface area contributed by atoms with E-state index in [-0.39, 0.29) is 5.69 Å². The van der Waals surface area contributed by atoms with Crippen LogP contribution in [0, 0.1) is 0 Å². The first-order valence-corrected chi connectivity index (χ1v) is 7.81. The molecule has 0 saturated heterocycles. The zero-order valence-electron chi connectivity index (χ0n) is 13.1. The first-order valence-electron chi connectivity index (χ1n) is 7.43. The molecule has 7 heteroatoms. The van der Waals surface area contributed by atoms with Crippen molar-refractivity contribution in [3.63, 3.8) is 0 Å². The Morgan fingerprint density at radius 2 is 1.96 bits per heavy atom. The molecule has 0 radical (unpaired) electrons. The third kappa shape index (κ3) is 3.78. The van der Waals surface area contributed by atoms with Crippen LogP contribution in [0.4, 0.5) is 5.69 Å². The van der Waals surface area contributed by atoms with E-state index in [9.17, 15) is 4.79 Å². The number of aromatic nitrogens is 3. The van der Waals surface area contributed by atoms with Crippen LogP contribution in [0.1, 0.15) is 11.4 Å². The van der Waals surface area contributed by atoms with E-state index in [1.165, 1.54) is 4.68 Å². The molecule has 3 rings (SSSR count). The number of H-pyrrole nitrogens is 1. The van der Waals surface area contributed by atoms with Crippen molar-refractivity contribution in [3.05, 3.63) is 75.4 Å². The van der Waals surface area contributed by atoms with Crippen molar-refractivity contribution < 1.29 is 4.74 Å². The van der Waals surface area contributed by atoms with Gasteiger partial charge in [-0.25, -0.2) is 9.48 Å². The lowest BCUT2D eigenvalue weighted by Crippen LogP contribution is -2.18. The van der Waals surface area contributed by atoms with Gasteiger partial charge in [-0.3, -0.25) is 4.98 Å². The molecule has 6 nitrogen and oxygen atoms in total. The molecule has 0 spiro atoms. The number of nitrogens with one attached hydrogen (secondary N) is 2. The second-order valence-corrected chi connectivity index (χ2v) is 5.62. The number of methoxy groups -OCH3 is 1. The average molecular weight is 345 g/mol. The van der Waals surface area contributed by atoms with Gasteiger partial charge >= 0.3 is 5.69 Å². The lowest BCUT2D eigenvalue weighted by atomic mass is 10.2. The van der Waals surface area contributed by atoms with Gasteiger partial charge in [0.25, 0.3) is 0 Å². The SMILES string of the molecule is COc1ccc(NCc2nn(Cc3ccccc3Cl)c(=O)[nH]2)cc1. The molecule has 2 N–H and O–H groups in total. The summed E-state index contributed by atoms with van der Waals surface area (Å²) in [6.07, 6.45) is 0. The zero-order valence-corrected chi connectivity index (χ0v) is 13.9. The number of rotatable bonds is 6. The fourth-order valence-electron chi connectivity index (χ4n) is 2.27. The summed E-state index contributed by atoms with van der Waals surface area (Å²) < 4.78 is 6.48. The molecule has 3 aromatic rings. The summed E-state index contributed by atoms with van der Waals surface area (Å²) >= 11 is 6.12. The monoisotopic (exact) mass is 344 g/mol. The average Bonchev–Trinajstić information content (AvgIpc) is 2.95. The van der Waals surface area contributed by atoms with Crippen LogP contribution in [0.15, 0.2) is 53.3 Å². The Morgan fingerprint density at radius 1 is 1.21 bits per heavy atom. The van der Waals surface area contributed by atoms with E-state index in [1.54, 1.807) is 13.2 Å². The molecule has 1 aromatic heterocycles. The van der Waals surface area contributed by atoms with Crippen LogP contribution < -0.4 is 15.7 Å². The van der Waals surface area contributed by atoms with Gasteiger partial charge in [0.15, 0.2) is 0 Å². The van der Waals surface area contributed by atoms with E-state index in [0.717, 1.165) is 17.0 Å². The number of aromatic amines is 1. The Bertz CT molecular complexity index is 871. The maximum absolute atomic E-state index is 12.0. The lowest BCUT2D eigenvalue weighted by Gasteiger charge is -2.05. The van der Waals surface area contributed by atoms with Gasteiger partial charge in [0.05, 0.1) is 20.2 Å². The summed E-state index contributed by atoms with van der Waals surface area (Å²) in [6, 6.07) is 14.9. The quantitative estimate of drug-likeness (QED) is 0.721. The standard InChI is InChI=1S/C17H17ClN4O2/c1-24-14-8-6-13(7-9-14)19-10-16-20-17(23)22(21-16)11-12-4-2-3-5-15(12)18/h2-9,19H,10-11H2,1H3,(H,20,21,23). The summed E-state index contributed by atoms with van der Waals surface area (Å²) in [4.78, 5) is 14.8. The molecule has 0 bridgehead atoms. The smallest absolute Gasteiger partial charge is 0.343 e. The number of halogens is 1. The second-order valence-electron chi connectivity index (χ2n) is 5.21. The number of ether oxygens (including phenoxy) is 1. The Morgan fingerprint density at radius 3 is 2.67 bits per heavy atom. The molecule has 0 saturated carbocycles. The van der Waals surface area contributed by atoms with E-state index in [4.69, 9.17) is 16.3 Å². The number of hydrogen-bond donors (Lipinski definition) is 2. The van der Waals surface area contributed by atoms with E-state index >= 15 is 0 Å². The number of hydrogen-bond acceptors (Lipinski definition) is 4. The lowest BCUT2D eigenvalue weighted by molar-refractivity contribution is 0.415. The topological polar surface area (TPSA) is 71.9 Å². The zero-order chi connectivity index (χ0) is 16.9. The summed E-state index contributed by atoms with van der Waals surface area (Å²) in [6.45, 7) is 0.745. The summed E-state index contributed by atoms with van der Waals surface area (Å²) in [5.41, 5.74) is 1.50. The van der Waals surface area contributed by atoms with E-state index in [2.05, 4.69) is 15.4 Å². The first-order chi connectivity index (χ1) is 11.7. The highest BCUT2D eigenvalue weighted by molar-refractivity contribution is 6.31. The number of anilines is 1. The van der Waals surface area contributed by atoms with Gasteiger partial charge in [-0.2, -0.15) is 5.10 Å². The van der Waals surface area contributed by atoms with Crippen molar-refractivity contribution in [3.8, 4) is 5.75 Å². The molecule has 0 atom stereocenters. The maximum atomic E-state index is 12.0. The maximum Gasteiger partial charge on any atom is 0.343 e. The second kappa shape index (κ2) is 7.23. The van der Waals surface area contributed by atoms with Crippen LogP contribution in [-0.4, -0.2) is 21.9 Å². The molecule has 2 aromatic carbocycles. The minimum absolute atomic E-state index is 0.263. The van der Waals surface area contributed by atoms with Crippen molar-refractivity contribution in [2.75, 3.05) is 12.4 Å². The molecule has 0 aliphatic carbocycles. The minimum atomic E-state index is -0.263. The van der Waals surface area contributed by atoms with E-state index < -0.39 is 0 Å². The molecular formula is C17H17ClN4O2. The molecule has 124 valence electrons. The molecule has 0 aliphatic rings. The van der Waals surface area contributed by atoms with Crippen LogP contribution in [-0.2, 0) is 13.1 Å². The van der Waals surface area contributed by atoms with Crippen LogP contribution in [0.3, 0.4) is 0 Å². The Kier molecular flexibility index (Phi) is 4.86. The van der Waals surface area contributed by atoms with Crippen LogP contribution in [0.2, 0.25) is 5.02 Å². The van der Waals surface area contributed by atoms with Gasteiger partial charge in [-0.1, -0.05) is 29.8 Å². The van der Waals surface area contributed by atoms with Crippen LogP contribution in [0.5, 0.6) is 5.75 Å². The molecule has 0 fully saturated rings. The Labute approximate surface area is 144 Å². The van der Waals surface area contributed by atoms with Gasteiger partial charge in [0, 0.05) is 10.7 Å². The molecule has 1 heterocycles. The predicted octanol–water partition coefficient (Wildman–Crippen LogP) is 2.89. The molecule has 0 unspecified atom stereocenters. The van der Waals surface area contributed by atoms with Gasteiger partial charge in [-0.15, -0.1) is 0 Å². The van der Waals surface area contributed by atoms with Gasteiger partial charge in [0.1, 0.15) is 11.6 Å². The first kappa shape index (κ1) is 16.1. The third-order valence-electron chi connectivity index (χ3n) is 3.56. The van der Waals surface area contributed by atoms with Crippen LogP contribution >= 0.6 is 11.6 Å². The number of benzene rings is 2. The van der Waals surface area contributed by atoms with E-state index in [1.807, 2.05) is 42.5 Å². The van der Waals surface area contributed by atoms with Crippen molar-refractivity contribution in [2.45, 2.75) is 13.1 Å². The molecule has 0 amide bonds. The highest BCUT2D eigenvalue weighted by Crippen LogP contribution is 2.16. The largest absolute Gasteiger partial charge is 0.497 e. The third-order valence-corrected chi connectivity index (χ3v) is 3.92. The van der Waals surface area contributed by atoms with Crippen molar-refractivity contribution in [1.82, 2.24) is 14.8 Å². The number of nitrogens with zero attached hydrogens (tertiary/aromatic N) is 2. The minimum Gasteiger partial charge on any atom is -0.497 e. The molecule has 0 aliphatic heterocycles. The highest BCUT2D eigenvalue weighted by Gasteiger charge is 2.07. The van der Waals surface area contributed by atoms with Crippen molar-refractivity contribution in [1.29, 1.82) is 0 Å². The highest BCUT2D eigenvalue weighted by atomic mass is 35.5. The predicted molar refractivity (Wildman–Crippen MR) is 93.7 cm³/mol. The van der Waals surface area contributed by atoms with Gasteiger partial charge in [-0.05, 0) is 35.9 Å². The molecular weight excluding hydrogens is 328 g/mol. The van der Waals surface area contributed by atoms with E-state index in [0.29, 0.717) is 23.9 Å².